The maximum Gasteiger partial charge on any atom is 0.326 e. The molecule has 2 N–H and O–H groups in total. The van der Waals surface area contributed by atoms with Crippen molar-refractivity contribution in [3.63, 3.8) is 0 Å². The van der Waals surface area contributed by atoms with Crippen molar-refractivity contribution in [2.75, 3.05) is 13.1 Å². The topological polar surface area (TPSA) is 86.8 Å². The quantitative estimate of drug-likeness (QED) is 0.737. The van der Waals surface area contributed by atoms with E-state index in [0.717, 1.165) is 42.3 Å². The highest BCUT2D eigenvalue weighted by Crippen LogP contribution is 2.25. The molecule has 0 aliphatic carbocycles. The number of fused-ring (bicyclic) bond motifs is 1. The monoisotopic (exact) mass is 353 g/mol. The Bertz CT molecular complexity index is 932. The van der Waals surface area contributed by atoms with Gasteiger partial charge in [-0.15, -0.1) is 0 Å². The number of nitrogens with one attached hydrogen (secondary N) is 2. The number of para-hydroxylation sites is 2. The van der Waals surface area contributed by atoms with Crippen LogP contribution in [-0.2, 0) is 11.2 Å². The van der Waals surface area contributed by atoms with Gasteiger partial charge in [-0.3, -0.25) is 14.5 Å². The van der Waals surface area contributed by atoms with Gasteiger partial charge in [-0.25, -0.2) is 4.79 Å². The van der Waals surface area contributed by atoms with E-state index in [-0.39, 0.29) is 17.6 Å². The Morgan fingerprint density at radius 3 is 2.81 bits per heavy atom. The van der Waals surface area contributed by atoms with Crippen LogP contribution >= 0.6 is 0 Å². The Morgan fingerprint density at radius 2 is 2.04 bits per heavy atom. The molecule has 1 saturated heterocycles. The number of carbonyl (C=O) groups is 1. The predicted molar refractivity (Wildman–Crippen MR) is 98.9 cm³/mol. The van der Waals surface area contributed by atoms with Crippen molar-refractivity contribution >= 4 is 16.9 Å². The van der Waals surface area contributed by atoms with Gasteiger partial charge < -0.3 is 9.88 Å². The van der Waals surface area contributed by atoms with Crippen LogP contribution in [-0.4, -0.2) is 43.6 Å². The lowest BCUT2D eigenvalue weighted by Gasteiger charge is -2.32. The molecule has 0 spiro atoms. The van der Waals surface area contributed by atoms with Crippen molar-refractivity contribution in [2.24, 2.45) is 0 Å². The molecule has 1 fully saturated rings. The standard InChI is InChI=1S/C19H23N5O2/c25-18(7-3-4-14-12-20-21-13-14)23-10-8-15(9-11-23)24-17-6-2-1-5-16(17)22-19(24)26/h1-2,5-6,12-13,15H,3-4,7-11H2,(H,20,21)(H,22,26). The third-order valence-corrected chi connectivity index (χ3v) is 5.22. The van der Waals surface area contributed by atoms with Gasteiger partial charge in [0.15, 0.2) is 0 Å². The van der Waals surface area contributed by atoms with Gasteiger partial charge in [0.25, 0.3) is 0 Å². The van der Waals surface area contributed by atoms with Crippen molar-refractivity contribution in [1.29, 1.82) is 0 Å². The maximum absolute atomic E-state index is 12.4. The van der Waals surface area contributed by atoms with Crippen LogP contribution in [0.3, 0.4) is 0 Å². The van der Waals surface area contributed by atoms with Gasteiger partial charge in [-0.2, -0.15) is 5.10 Å². The molecule has 0 bridgehead atoms. The van der Waals surface area contributed by atoms with Crippen LogP contribution in [0, 0.1) is 0 Å². The number of piperidine rings is 1. The van der Waals surface area contributed by atoms with E-state index in [0.29, 0.717) is 19.5 Å². The van der Waals surface area contributed by atoms with Crippen LogP contribution in [0.25, 0.3) is 11.0 Å². The predicted octanol–water partition coefficient (Wildman–Crippen LogP) is 2.24. The van der Waals surface area contributed by atoms with E-state index in [1.54, 1.807) is 6.20 Å². The van der Waals surface area contributed by atoms with Crippen molar-refractivity contribution in [3.8, 4) is 0 Å². The molecule has 1 amide bonds. The zero-order valence-electron chi connectivity index (χ0n) is 14.6. The Morgan fingerprint density at radius 1 is 1.23 bits per heavy atom. The summed E-state index contributed by atoms with van der Waals surface area (Å²) in [5.41, 5.74) is 2.89. The number of carbonyl (C=O) groups excluding carboxylic acids is 1. The molecule has 7 nitrogen and oxygen atoms in total. The summed E-state index contributed by atoms with van der Waals surface area (Å²) >= 11 is 0. The summed E-state index contributed by atoms with van der Waals surface area (Å²) in [6.45, 7) is 1.42. The maximum atomic E-state index is 12.4. The number of benzene rings is 1. The molecule has 26 heavy (non-hydrogen) atoms. The lowest BCUT2D eigenvalue weighted by molar-refractivity contribution is -0.132. The Labute approximate surface area is 151 Å². The molecule has 3 heterocycles. The molecule has 0 radical (unpaired) electrons. The summed E-state index contributed by atoms with van der Waals surface area (Å²) in [6.07, 6.45) is 7.56. The first kappa shape index (κ1) is 16.6. The molecule has 1 aromatic carbocycles. The van der Waals surface area contributed by atoms with Crippen LogP contribution in [0.4, 0.5) is 0 Å². The summed E-state index contributed by atoms with van der Waals surface area (Å²) in [6, 6.07) is 7.92. The normalized spacial score (nSPS) is 15.6. The number of aryl methyl sites for hydroxylation is 1. The first-order valence-corrected chi connectivity index (χ1v) is 9.17. The fraction of sp³-hybridized carbons (Fsp3) is 0.421. The molecule has 0 saturated carbocycles. The van der Waals surface area contributed by atoms with E-state index >= 15 is 0 Å². The van der Waals surface area contributed by atoms with Gasteiger partial charge in [0.2, 0.25) is 5.91 Å². The average molecular weight is 353 g/mol. The number of rotatable bonds is 5. The minimum absolute atomic E-state index is 0.0592. The molecular weight excluding hydrogens is 330 g/mol. The number of aromatic nitrogens is 4. The molecule has 4 rings (SSSR count). The van der Waals surface area contributed by atoms with Gasteiger partial charge in [0.1, 0.15) is 0 Å². The van der Waals surface area contributed by atoms with Crippen LogP contribution in [0.15, 0.2) is 41.5 Å². The second-order valence-electron chi connectivity index (χ2n) is 6.89. The highest BCUT2D eigenvalue weighted by Gasteiger charge is 2.25. The minimum Gasteiger partial charge on any atom is -0.343 e. The van der Waals surface area contributed by atoms with Crippen LogP contribution in [0.2, 0.25) is 0 Å². The second kappa shape index (κ2) is 7.19. The molecule has 7 heteroatoms. The average Bonchev–Trinajstić information content (AvgIpc) is 3.28. The largest absolute Gasteiger partial charge is 0.343 e. The molecule has 3 aromatic rings. The number of hydrogen-bond donors (Lipinski definition) is 2. The van der Waals surface area contributed by atoms with Gasteiger partial charge in [-0.05, 0) is 43.4 Å². The molecule has 1 aliphatic heterocycles. The third kappa shape index (κ3) is 3.29. The summed E-state index contributed by atoms with van der Waals surface area (Å²) in [5.74, 6) is 0.207. The molecule has 136 valence electrons. The number of aromatic amines is 2. The van der Waals surface area contributed by atoms with Crippen molar-refractivity contribution < 1.29 is 4.79 Å². The number of imidazole rings is 1. The number of amides is 1. The van der Waals surface area contributed by atoms with E-state index in [9.17, 15) is 9.59 Å². The molecule has 2 aromatic heterocycles. The zero-order chi connectivity index (χ0) is 17.9. The summed E-state index contributed by atoms with van der Waals surface area (Å²) in [5, 5.41) is 6.71. The highest BCUT2D eigenvalue weighted by atomic mass is 16.2. The van der Waals surface area contributed by atoms with Crippen LogP contribution in [0.5, 0.6) is 0 Å². The Hall–Kier alpha value is -2.83. The molecule has 1 aliphatic rings. The first-order valence-electron chi connectivity index (χ1n) is 9.17. The van der Waals surface area contributed by atoms with Crippen LogP contribution in [0.1, 0.15) is 37.3 Å². The highest BCUT2D eigenvalue weighted by molar-refractivity contribution is 5.76. The van der Waals surface area contributed by atoms with Crippen molar-refractivity contribution in [3.05, 3.63) is 52.7 Å². The molecule has 0 unspecified atom stereocenters. The fourth-order valence-electron chi connectivity index (χ4n) is 3.83. The van der Waals surface area contributed by atoms with Crippen LogP contribution < -0.4 is 5.69 Å². The SMILES string of the molecule is O=C(CCCc1cn[nH]c1)N1CCC(n2c(=O)[nH]c3ccccc32)CC1. The van der Waals surface area contributed by atoms with E-state index in [2.05, 4.69) is 15.2 Å². The number of nitrogens with zero attached hydrogens (tertiary/aromatic N) is 3. The summed E-state index contributed by atoms with van der Waals surface area (Å²) < 4.78 is 1.86. The zero-order valence-corrected chi connectivity index (χ0v) is 14.6. The summed E-state index contributed by atoms with van der Waals surface area (Å²) in [4.78, 5) is 29.6. The van der Waals surface area contributed by atoms with E-state index in [1.165, 1.54) is 0 Å². The Kier molecular flexibility index (Phi) is 4.60. The third-order valence-electron chi connectivity index (χ3n) is 5.22. The van der Waals surface area contributed by atoms with E-state index in [4.69, 9.17) is 0 Å². The van der Waals surface area contributed by atoms with Crippen molar-refractivity contribution in [2.45, 2.75) is 38.1 Å². The lowest BCUT2D eigenvalue weighted by atomic mass is 10.0. The summed E-state index contributed by atoms with van der Waals surface area (Å²) in [7, 11) is 0. The molecular formula is C19H23N5O2. The van der Waals surface area contributed by atoms with Gasteiger partial charge in [0.05, 0.1) is 17.2 Å². The number of likely N-dealkylation sites (tertiary alicyclic amines) is 1. The van der Waals surface area contributed by atoms with Gasteiger partial charge >= 0.3 is 5.69 Å². The molecule has 0 atom stereocenters. The second-order valence-corrected chi connectivity index (χ2v) is 6.89. The van der Waals surface area contributed by atoms with Gasteiger partial charge in [-0.1, -0.05) is 12.1 Å². The van der Waals surface area contributed by atoms with E-state index in [1.807, 2.05) is 39.9 Å². The minimum atomic E-state index is -0.0592. The van der Waals surface area contributed by atoms with E-state index < -0.39 is 0 Å². The first-order chi connectivity index (χ1) is 12.7. The fourth-order valence-corrected chi connectivity index (χ4v) is 3.83. The Balaban J connectivity index is 1.34. The lowest BCUT2D eigenvalue weighted by Crippen LogP contribution is -2.40. The number of hydrogen-bond acceptors (Lipinski definition) is 3. The van der Waals surface area contributed by atoms with Crippen molar-refractivity contribution in [1.82, 2.24) is 24.6 Å². The number of H-pyrrole nitrogens is 2. The van der Waals surface area contributed by atoms with Gasteiger partial charge in [0, 0.05) is 31.7 Å². The smallest absolute Gasteiger partial charge is 0.326 e.